The zero-order valence-electron chi connectivity index (χ0n) is 14.1. The third-order valence-electron chi connectivity index (χ3n) is 4.60. The maximum Gasteiger partial charge on any atom is 0.254 e. The number of hydrogen-bond donors (Lipinski definition) is 1. The quantitative estimate of drug-likeness (QED) is 0.917. The molecule has 1 aromatic carbocycles. The number of nitrogens with zero attached hydrogens (tertiary/aromatic N) is 2. The molecule has 1 aromatic heterocycles. The molecule has 1 aliphatic heterocycles. The van der Waals surface area contributed by atoms with Crippen LogP contribution >= 0.6 is 0 Å². The van der Waals surface area contributed by atoms with Crippen LogP contribution in [0.4, 0.5) is 4.39 Å². The first-order chi connectivity index (χ1) is 11.5. The first-order valence-electron chi connectivity index (χ1n) is 8.34. The maximum absolute atomic E-state index is 14.2. The van der Waals surface area contributed by atoms with Crippen molar-refractivity contribution in [2.45, 2.75) is 20.3 Å². The van der Waals surface area contributed by atoms with Crippen LogP contribution in [0.25, 0.3) is 10.9 Å². The Labute approximate surface area is 140 Å². The fraction of sp³-hybridized carbons (Fsp3) is 0.444. The highest BCUT2D eigenvalue weighted by atomic mass is 19.1. The van der Waals surface area contributed by atoms with Gasteiger partial charge in [0.15, 0.2) is 0 Å². The van der Waals surface area contributed by atoms with E-state index < -0.39 is 11.4 Å². The average molecular weight is 331 g/mol. The highest BCUT2D eigenvalue weighted by Gasteiger charge is 2.22. The number of pyridine rings is 1. The summed E-state index contributed by atoms with van der Waals surface area (Å²) < 4.78 is 14.2. The molecule has 2 aromatic rings. The fourth-order valence-corrected chi connectivity index (χ4v) is 3.29. The number of H-pyrrole nitrogens is 1. The Morgan fingerprint density at radius 2 is 2.00 bits per heavy atom. The van der Waals surface area contributed by atoms with Crippen molar-refractivity contribution in [1.29, 1.82) is 0 Å². The van der Waals surface area contributed by atoms with Crippen LogP contribution in [-0.2, 0) is 0 Å². The van der Waals surface area contributed by atoms with E-state index >= 15 is 0 Å². The molecule has 0 aliphatic carbocycles. The lowest BCUT2D eigenvalue weighted by Gasteiger charge is -2.22. The van der Waals surface area contributed by atoms with Gasteiger partial charge in [-0.05, 0) is 44.1 Å². The van der Waals surface area contributed by atoms with E-state index in [1.54, 1.807) is 17.9 Å². The zero-order valence-corrected chi connectivity index (χ0v) is 14.1. The lowest BCUT2D eigenvalue weighted by atomic mass is 10.0. The van der Waals surface area contributed by atoms with E-state index in [1.165, 1.54) is 12.1 Å². The lowest BCUT2D eigenvalue weighted by Crippen LogP contribution is -2.35. The van der Waals surface area contributed by atoms with Crippen LogP contribution in [0.1, 0.15) is 29.3 Å². The predicted molar refractivity (Wildman–Crippen MR) is 91.9 cm³/mol. The Balaban J connectivity index is 2.02. The molecule has 0 radical (unpaired) electrons. The molecule has 1 N–H and O–H groups in total. The number of aromatic amines is 1. The molecular formula is C18H22FN3O2. The molecule has 0 unspecified atom stereocenters. The van der Waals surface area contributed by atoms with E-state index in [4.69, 9.17) is 0 Å². The summed E-state index contributed by atoms with van der Waals surface area (Å²) in [5, 5.41) is 0.466. The molecule has 24 heavy (non-hydrogen) atoms. The first kappa shape index (κ1) is 16.6. The zero-order chi connectivity index (χ0) is 17.3. The topological polar surface area (TPSA) is 56.4 Å². The van der Waals surface area contributed by atoms with Crippen molar-refractivity contribution < 1.29 is 9.18 Å². The van der Waals surface area contributed by atoms with Gasteiger partial charge in [0.1, 0.15) is 5.82 Å². The monoisotopic (exact) mass is 331 g/mol. The van der Waals surface area contributed by atoms with Crippen molar-refractivity contribution in [3.05, 3.63) is 45.5 Å². The minimum Gasteiger partial charge on any atom is -0.337 e. The molecule has 128 valence electrons. The number of nitrogens with one attached hydrogen (secondary N) is 1. The van der Waals surface area contributed by atoms with Crippen molar-refractivity contribution in [1.82, 2.24) is 14.8 Å². The number of carbonyl (C=O) groups excluding carboxylic acids is 1. The van der Waals surface area contributed by atoms with Gasteiger partial charge in [-0.2, -0.15) is 0 Å². The molecule has 1 aliphatic rings. The first-order valence-corrected chi connectivity index (χ1v) is 8.34. The molecule has 0 spiro atoms. The number of likely N-dealkylation sites (N-methyl/N-ethyl adjacent to an activating group) is 1. The second-order valence-corrected chi connectivity index (χ2v) is 6.30. The van der Waals surface area contributed by atoms with Gasteiger partial charge in [0.25, 0.3) is 5.91 Å². The summed E-state index contributed by atoms with van der Waals surface area (Å²) in [7, 11) is 0. The third-order valence-corrected chi connectivity index (χ3v) is 4.60. The van der Waals surface area contributed by atoms with Crippen molar-refractivity contribution >= 4 is 16.8 Å². The van der Waals surface area contributed by atoms with Gasteiger partial charge in [0.05, 0.1) is 11.1 Å². The molecule has 0 bridgehead atoms. The predicted octanol–water partition coefficient (Wildman–Crippen LogP) is 2.14. The molecule has 0 saturated carbocycles. The van der Waals surface area contributed by atoms with E-state index in [9.17, 15) is 14.0 Å². The van der Waals surface area contributed by atoms with E-state index in [-0.39, 0.29) is 17.0 Å². The maximum atomic E-state index is 14.2. The summed E-state index contributed by atoms with van der Waals surface area (Å²) in [6.07, 6.45) is 0.897. The van der Waals surface area contributed by atoms with Crippen LogP contribution in [0.2, 0.25) is 0 Å². The van der Waals surface area contributed by atoms with Gasteiger partial charge < -0.3 is 14.8 Å². The number of aryl methyl sites for hydroxylation is 1. The van der Waals surface area contributed by atoms with Crippen LogP contribution in [0, 0.1) is 12.7 Å². The van der Waals surface area contributed by atoms with Gasteiger partial charge in [-0.1, -0.05) is 6.92 Å². The van der Waals surface area contributed by atoms with E-state index in [0.717, 1.165) is 26.1 Å². The fourth-order valence-electron chi connectivity index (χ4n) is 3.29. The SMILES string of the molecule is CCN1CCCN(C(=O)c2cc(=O)[nH]c3c(F)cc(C)cc23)CC1. The molecule has 2 heterocycles. The Morgan fingerprint density at radius 3 is 2.75 bits per heavy atom. The second-order valence-electron chi connectivity index (χ2n) is 6.30. The largest absolute Gasteiger partial charge is 0.337 e. The number of aromatic nitrogens is 1. The highest BCUT2D eigenvalue weighted by Crippen LogP contribution is 2.22. The molecule has 1 fully saturated rings. The number of amides is 1. The highest BCUT2D eigenvalue weighted by molar-refractivity contribution is 6.06. The average Bonchev–Trinajstić information content (AvgIpc) is 2.80. The summed E-state index contributed by atoms with van der Waals surface area (Å²) in [5.74, 6) is -0.709. The number of carbonyl (C=O) groups is 1. The third kappa shape index (κ3) is 3.19. The summed E-state index contributed by atoms with van der Waals surface area (Å²) in [5.41, 5.74) is 0.635. The van der Waals surface area contributed by atoms with Crippen LogP contribution < -0.4 is 5.56 Å². The summed E-state index contributed by atoms with van der Waals surface area (Å²) in [6.45, 7) is 7.88. The Kier molecular flexibility index (Phi) is 4.66. The van der Waals surface area contributed by atoms with Crippen molar-refractivity contribution in [3.63, 3.8) is 0 Å². The van der Waals surface area contributed by atoms with Crippen molar-refractivity contribution in [2.75, 3.05) is 32.7 Å². The molecule has 1 amide bonds. The number of hydrogen-bond acceptors (Lipinski definition) is 3. The second kappa shape index (κ2) is 6.73. The molecule has 5 nitrogen and oxygen atoms in total. The Bertz CT molecular complexity index is 831. The summed E-state index contributed by atoms with van der Waals surface area (Å²) in [6, 6.07) is 4.39. The Hall–Kier alpha value is -2.21. The van der Waals surface area contributed by atoms with Crippen LogP contribution in [-0.4, -0.2) is 53.4 Å². The Morgan fingerprint density at radius 1 is 1.21 bits per heavy atom. The number of halogens is 1. The lowest BCUT2D eigenvalue weighted by molar-refractivity contribution is 0.0763. The standard InChI is InChI=1S/C18H22FN3O2/c1-3-21-5-4-6-22(8-7-21)18(24)14-11-16(23)20-17-13(14)9-12(2)10-15(17)19/h9-11H,3-8H2,1-2H3,(H,20,23). The van der Waals surface area contributed by atoms with E-state index in [0.29, 0.717) is 24.0 Å². The summed E-state index contributed by atoms with van der Waals surface area (Å²) >= 11 is 0. The van der Waals surface area contributed by atoms with E-state index in [2.05, 4.69) is 16.8 Å². The van der Waals surface area contributed by atoms with E-state index in [1.807, 2.05) is 0 Å². The minimum absolute atomic E-state index is 0.0986. The molecule has 0 atom stereocenters. The number of rotatable bonds is 2. The molecule has 6 heteroatoms. The molecule has 1 saturated heterocycles. The number of fused-ring (bicyclic) bond motifs is 1. The van der Waals surface area contributed by atoms with Gasteiger partial charge in [-0.25, -0.2) is 4.39 Å². The van der Waals surface area contributed by atoms with Gasteiger partial charge in [0.2, 0.25) is 5.56 Å². The van der Waals surface area contributed by atoms with Crippen molar-refractivity contribution in [3.8, 4) is 0 Å². The van der Waals surface area contributed by atoms with Gasteiger partial charge in [0, 0.05) is 31.1 Å². The van der Waals surface area contributed by atoms with Crippen LogP contribution in [0.15, 0.2) is 23.0 Å². The van der Waals surface area contributed by atoms with Crippen molar-refractivity contribution in [2.24, 2.45) is 0 Å². The summed E-state index contributed by atoms with van der Waals surface area (Å²) in [4.78, 5) is 31.4. The van der Waals surface area contributed by atoms with Crippen LogP contribution in [0.5, 0.6) is 0 Å². The van der Waals surface area contributed by atoms with Crippen LogP contribution in [0.3, 0.4) is 0 Å². The molecule has 3 rings (SSSR count). The van der Waals surface area contributed by atoms with Gasteiger partial charge in [-0.15, -0.1) is 0 Å². The molecular weight excluding hydrogens is 309 g/mol. The smallest absolute Gasteiger partial charge is 0.254 e. The normalized spacial score (nSPS) is 16.4. The minimum atomic E-state index is -0.509. The van der Waals surface area contributed by atoms with Gasteiger partial charge >= 0.3 is 0 Å². The number of benzene rings is 1. The van der Waals surface area contributed by atoms with Gasteiger partial charge in [-0.3, -0.25) is 9.59 Å².